The predicted octanol–water partition coefficient (Wildman–Crippen LogP) is 1.87. The number of hydrogen-bond acceptors (Lipinski definition) is 7. The van der Waals surface area contributed by atoms with Gasteiger partial charge in [0.05, 0.1) is 10.8 Å². The summed E-state index contributed by atoms with van der Waals surface area (Å²) in [5.74, 6) is -3.17. The Morgan fingerprint density at radius 2 is 2.17 bits per heavy atom. The Kier molecular flexibility index (Phi) is 6.94. The Morgan fingerprint density at radius 1 is 1.43 bits per heavy atom. The molecule has 2 heterocycles. The van der Waals surface area contributed by atoms with Gasteiger partial charge in [-0.1, -0.05) is 11.6 Å². The lowest BCUT2D eigenvalue weighted by Gasteiger charge is -2.49. The zero-order valence-electron chi connectivity index (χ0n) is 15.5. The number of carboxylic acids is 1. The maximum absolute atomic E-state index is 13.2. The van der Waals surface area contributed by atoms with Crippen LogP contribution in [0.4, 0.5) is 4.39 Å². The lowest BCUT2D eigenvalue weighted by Crippen LogP contribution is -2.70. The molecule has 2 aliphatic rings. The van der Waals surface area contributed by atoms with Crippen molar-refractivity contribution in [1.82, 2.24) is 10.2 Å². The fourth-order valence-corrected chi connectivity index (χ4v) is 5.23. The van der Waals surface area contributed by atoms with Crippen molar-refractivity contribution >= 4 is 58.9 Å². The minimum atomic E-state index is -1.30. The number of halogens is 2. The molecular weight excluding hydrogens is 459 g/mol. The lowest BCUT2D eigenvalue weighted by atomic mass is 10.0. The summed E-state index contributed by atoms with van der Waals surface area (Å²) in [5, 5.41) is 11.5. The monoisotopic (exact) mass is 474 g/mol. The molecule has 1 fully saturated rings. The van der Waals surface area contributed by atoms with Gasteiger partial charge >= 0.3 is 11.9 Å². The van der Waals surface area contributed by atoms with Gasteiger partial charge in [-0.05, 0) is 18.2 Å². The van der Waals surface area contributed by atoms with Gasteiger partial charge in [-0.15, -0.1) is 23.5 Å². The highest BCUT2D eigenvalue weighted by Gasteiger charge is 2.54. The molecule has 2 amide bonds. The molecule has 1 aromatic rings. The van der Waals surface area contributed by atoms with Crippen molar-refractivity contribution in [3.8, 4) is 0 Å². The highest BCUT2D eigenvalue weighted by Crippen LogP contribution is 2.40. The molecule has 0 unspecified atom stereocenters. The van der Waals surface area contributed by atoms with E-state index in [0.717, 1.165) is 16.7 Å². The van der Waals surface area contributed by atoms with Crippen LogP contribution in [0.25, 0.3) is 0 Å². The van der Waals surface area contributed by atoms with Crippen LogP contribution in [0.1, 0.15) is 6.92 Å². The Hall–Kier alpha value is -2.24. The second-order valence-electron chi connectivity index (χ2n) is 6.36. The Labute approximate surface area is 184 Å². The number of fused-ring (bicyclic) bond motifs is 1. The third-order valence-electron chi connectivity index (χ3n) is 4.28. The van der Waals surface area contributed by atoms with E-state index in [0.29, 0.717) is 10.5 Å². The first-order chi connectivity index (χ1) is 14.2. The summed E-state index contributed by atoms with van der Waals surface area (Å²) in [6.45, 7) is 0.992. The second-order valence-corrected chi connectivity index (χ2v) is 8.92. The van der Waals surface area contributed by atoms with E-state index in [1.807, 2.05) is 0 Å². The number of aliphatic carboxylic acids is 1. The third-order valence-corrected chi connectivity index (χ3v) is 6.90. The highest BCUT2D eigenvalue weighted by molar-refractivity contribution is 8.00. The van der Waals surface area contributed by atoms with E-state index in [4.69, 9.17) is 16.3 Å². The Bertz CT molecular complexity index is 957. The van der Waals surface area contributed by atoms with Gasteiger partial charge in [0, 0.05) is 23.1 Å². The maximum atomic E-state index is 13.2. The van der Waals surface area contributed by atoms with Crippen LogP contribution in [0.5, 0.6) is 0 Å². The molecule has 12 heteroatoms. The molecule has 1 saturated heterocycles. The minimum absolute atomic E-state index is 0.0253. The van der Waals surface area contributed by atoms with Crippen molar-refractivity contribution in [2.45, 2.75) is 23.2 Å². The smallest absolute Gasteiger partial charge is 0.352 e. The summed E-state index contributed by atoms with van der Waals surface area (Å²) in [7, 11) is 0. The van der Waals surface area contributed by atoms with Crippen LogP contribution in [0.15, 0.2) is 34.4 Å². The molecule has 3 rings (SSSR count). The number of thioether (sulfide) groups is 2. The van der Waals surface area contributed by atoms with Gasteiger partial charge in [-0.25, -0.2) is 9.18 Å². The molecule has 160 valence electrons. The first kappa shape index (κ1) is 22.4. The number of benzene rings is 1. The molecule has 0 aliphatic carbocycles. The van der Waals surface area contributed by atoms with Gasteiger partial charge in [0.25, 0.3) is 5.91 Å². The molecular formula is C18H16ClFN2O6S2. The van der Waals surface area contributed by atoms with Crippen LogP contribution < -0.4 is 5.32 Å². The molecule has 0 bridgehead atoms. The van der Waals surface area contributed by atoms with Gasteiger partial charge in [-0.3, -0.25) is 19.3 Å². The Morgan fingerprint density at radius 3 is 2.80 bits per heavy atom. The number of nitrogens with one attached hydrogen (secondary N) is 1. The molecule has 2 N–H and O–H groups in total. The lowest BCUT2D eigenvalue weighted by molar-refractivity contribution is -0.150. The van der Waals surface area contributed by atoms with Crippen LogP contribution in [-0.4, -0.2) is 63.3 Å². The van der Waals surface area contributed by atoms with Crippen LogP contribution in [0, 0.1) is 5.82 Å². The van der Waals surface area contributed by atoms with Crippen molar-refractivity contribution < 1.29 is 33.4 Å². The van der Waals surface area contributed by atoms with E-state index in [1.165, 1.54) is 36.9 Å². The van der Waals surface area contributed by atoms with E-state index in [1.54, 1.807) is 0 Å². The van der Waals surface area contributed by atoms with Crippen LogP contribution in [-0.2, 0) is 23.9 Å². The molecule has 0 spiro atoms. The second kappa shape index (κ2) is 9.27. The zero-order chi connectivity index (χ0) is 22.0. The molecule has 8 nitrogen and oxygen atoms in total. The van der Waals surface area contributed by atoms with Crippen molar-refractivity contribution in [3.05, 3.63) is 40.3 Å². The van der Waals surface area contributed by atoms with Crippen LogP contribution in [0.2, 0.25) is 5.02 Å². The molecule has 30 heavy (non-hydrogen) atoms. The average Bonchev–Trinajstić information content (AvgIpc) is 2.70. The Balaban J connectivity index is 1.61. The van der Waals surface area contributed by atoms with Crippen molar-refractivity contribution in [2.24, 2.45) is 0 Å². The summed E-state index contributed by atoms with van der Waals surface area (Å²) in [5.41, 5.74) is 0.103. The minimum Gasteiger partial charge on any atom is -0.477 e. The number of esters is 1. The van der Waals surface area contributed by atoms with Crippen molar-refractivity contribution in [1.29, 1.82) is 0 Å². The maximum Gasteiger partial charge on any atom is 0.352 e. The van der Waals surface area contributed by atoms with E-state index >= 15 is 0 Å². The van der Waals surface area contributed by atoms with Crippen molar-refractivity contribution in [3.63, 3.8) is 0 Å². The number of carbonyl (C=O) groups excluding carboxylic acids is 3. The van der Waals surface area contributed by atoms with Crippen molar-refractivity contribution in [2.75, 3.05) is 18.1 Å². The fraction of sp³-hybridized carbons (Fsp3) is 0.333. The zero-order valence-corrected chi connectivity index (χ0v) is 17.9. The van der Waals surface area contributed by atoms with E-state index < -0.39 is 41.0 Å². The predicted molar refractivity (Wildman–Crippen MR) is 108 cm³/mol. The molecule has 1 aromatic carbocycles. The fourth-order valence-electron chi connectivity index (χ4n) is 2.91. The summed E-state index contributed by atoms with van der Waals surface area (Å²) in [6, 6.07) is 3.23. The quantitative estimate of drug-likeness (QED) is 0.350. The van der Waals surface area contributed by atoms with E-state index in [-0.39, 0.29) is 28.8 Å². The number of β-lactam (4-membered cyclic amide) rings is 1. The first-order valence-corrected chi connectivity index (χ1v) is 11.0. The topological polar surface area (TPSA) is 113 Å². The molecule has 0 radical (unpaired) electrons. The largest absolute Gasteiger partial charge is 0.477 e. The summed E-state index contributed by atoms with van der Waals surface area (Å²) >= 11 is 8.11. The molecule has 2 aliphatic heterocycles. The van der Waals surface area contributed by atoms with Gasteiger partial charge in [0.2, 0.25) is 5.91 Å². The number of carbonyl (C=O) groups is 4. The summed E-state index contributed by atoms with van der Waals surface area (Å²) in [6.07, 6.45) is 0. The first-order valence-electron chi connectivity index (χ1n) is 8.59. The number of hydrogen-bond donors (Lipinski definition) is 2. The third kappa shape index (κ3) is 4.73. The van der Waals surface area contributed by atoms with Crippen LogP contribution in [0.3, 0.4) is 0 Å². The van der Waals surface area contributed by atoms with E-state index in [2.05, 4.69) is 5.32 Å². The molecule has 0 aromatic heterocycles. The summed E-state index contributed by atoms with van der Waals surface area (Å²) < 4.78 is 18.1. The number of ether oxygens (including phenoxy) is 1. The number of rotatable bonds is 7. The van der Waals surface area contributed by atoms with Gasteiger partial charge in [0.1, 0.15) is 29.5 Å². The number of nitrogens with zero attached hydrogens (tertiary/aromatic N) is 1. The van der Waals surface area contributed by atoms with Gasteiger partial charge in [0.15, 0.2) is 0 Å². The standard InChI is InChI=1S/C18H16ClFN2O6S2/c1-8(23)28-5-9-6-30-17-14(16(25)22(17)15(9)18(26)27)21-13(24)7-29-10-2-3-12(20)11(19)4-10/h2-4,14,17H,5-7H2,1H3,(H,21,24)(H,26,27)/t14-,17-/m1/s1. The van der Waals surface area contributed by atoms with Crippen LogP contribution >= 0.6 is 35.1 Å². The SMILES string of the molecule is CC(=O)OCC1=C(C(=O)O)N2C(=O)[C@@H](NC(=O)CSc3ccc(F)c(Cl)c3)[C@H]2SC1. The average molecular weight is 475 g/mol. The molecule has 0 saturated carbocycles. The normalized spacial score (nSPS) is 20.4. The highest BCUT2D eigenvalue weighted by atomic mass is 35.5. The number of carboxylic acid groups (broad SMARTS) is 1. The summed E-state index contributed by atoms with van der Waals surface area (Å²) in [4.78, 5) is 49.1. The van der Waals surface area contributed by atoms with E-state index in [9.17, 15) is 28.7 Å². The van der Waals surface area contributed by atoms with Gasteiger partial charge < -0.3 is 15.2 Å². The number of amides is 2. The van der Waals surface area contributed by atoms with Gasteiger partial charge in [-0.2, -0.15) is 0 Å². The molecule has 2 atom stereocenters.